The van der Waals surface area contributed by atoms with Gasteiger partial charge in [-0.15, -0.1) is 0 Å². The molecule has 1 atom stereocenters. The number of aryl methyl sites for hydroxylation is 2. The van der Waals surface area contributed by atoms with Crippen LogP contribution in [0, 0.1) is 6.92 Å². The second-order valence-electron chi connectivity index (χ2n) is 9.38. The molecule has 2 heterocycles. The van der Waals surface area contributed by atoms with E-state index < -0.39 is 0 Å². The summed E-state index contributed by atoms with van der Waals surface area (Å²) >= 11 is 0. The number of anilines is 1. The summed E-state index contributed by atoms with van der Waals surface area (Å²) in [5.74, 6) is 0.546. The Balaban J connectivity index is 1.53. The van der Waals surface area contributed by atoms with Gasteiger partial charge in [-0.25, -0.2) is 0 Å². The minimum Gasteiger partial charge on any atom is -0.491 e. The molecule has 8 nitrogen and oxygen atoms in total. The zero-order chi connectivity index (χ0) is 25.7. The van der Waals surface area contributed by atoms with E-state index in [1.54, 1.807) is 10.9 Å². The standard InChI is InChI=1S/C28H37N5O3/c1-5-32-8-10-33(11-9-32)25-7-6-20(2)27(17-25)28(35)30-21(3)22-14-23(24-18-29-31(4)19-24)16-26(15-22)36-13-12-34/h6-7,14-19,21,34H,5,8-13H2,1-4H3,(H,30,35). The van der Waals surface area contributed by atoms with Crippen molar-refractivity contribution in [1.82, 2.24) is 20.0 Å². The van der Waals surface area contributed by atoms with Crippen LogP contribution in [0.25, 0.3) is 11.1 Å². The average Bonchev–Trinajstić information content (AvgIpc) is 3.33. The summed E-state index contributed by atoms with van der Waals surface area (Å²) in [6, 6.07) is 11.8. The molecule has 1 fully saturated rings. The second kappa shape index (κ2) is 11.6. The van der Waals surface area contributed by atoms with E-state index in [4.69, 9.17) is 4.74 Å². The lowest BCUT2D eigenvalue weighted by molar-refractivity contribution is 0.0939. The van der Waals surface area contributed by atoms with E-state index in [0.29, 0.717) is 11.3 Å². The monoisotopic (exact) mass is 491 g/mol. The molecule has 0 saturated carbocycles. The normalized spacial score (nSPS) is 15.1. The van der Waals surface area contributed by atoms with Gasteiger partial charge >= 0.3 is 0 Å². The van der Waals surface area contributed by atoms with Gasteiger partial charge in [-0.1, -0.05) is 13.0 Å². The Labute approximate surface area is 213 Å². The van der Waals surface area contributed by atoms with Gasteiger partial charge in [-0.05, 0) is 67.4 Å². The van der Waals surface area contributed by atoms with Gasteiger partial charge in [-0.3, -0.25) is 9.48 Å². The van der Waals surface area contributed by atoms with Gasteiger partial charge in [0, 0.05) is 56.2 Å². The number of benzene rings is 2. The molecule has 1 unspecified atom stereocenters. The molecule has 3 aromatic rings. The largest absolute Gasteiger partial charge is 0.491 e. The molecule has 2 N–H and O–H groups in total. The number of amides is 1. The summed E-state index contributed by atoms with van der Waals surface area (Å²) in [6.07, 6.45) is 3.74. The lowest BCUT2D eigenvalue weighted by Gasteiger charge is -2.35. The van der Waals surface area contributed by atoms with Gasteiger partial charge in [-0.2, -0.15) is 5.10 Å². The number of aliphatic hydroxyl groups is 1. The molecular weight excluding hydrogens is 454 g/mol. The van der Waals surface area contributed by atoms with Crippen molar-refractivity contribution in [3.8, 4) is 16.9 Å². The minimum absolute atomic E-state index is 0.0676. The van der Waals surface area contributed by atoms with E-state index in [1.165, 1.54) is 0 Å². The van der Waals surface area contributed by atoms with Gasteiger partial charge in [0.2, 0.25) is 0 Å². The Morgan fingerprint density at radius 3 is 2.58 bits per heavy atom. The number of hydrogen-bond acceptors (Lipinski definition) is 6. The third-order valence-electron chi connectivity index (χ3n) is 6.83. The van der Waals surface area contributed by atoms with Crippen LogP contribution in [0.1, 0.15) is 41.4 Å². The molecule has 1 aliphatic heterocycles. The van der Waals surface area contributed by atoms with Crippen LogP contribution in [-0.4, -0.2) is 71.6 Å². The van der Waals surface area contributed by atoms with Crippen LogP contribution >= 0.6 is 0 Å². The number of ether oxygens (including phenoxy) is 1. The maximum absolute atomic E-state index is 13.4. The number of hydrogen-bond donors (Lipinski definition) is 2. The molecule has 1 amide bonds. The van der Waals surface area contributed by atoms with E-state index in [2.05, 4.69) is 33.2 Å². The fraction of sp³-hybridized carbons (Fsp3) is 0.429. The van der Waals surface area contributed by atoms with Crippen molar-refractivity contribution >= 4 is 11.6 Å². The third kappa shape index (κ3) is 6.06. The Kier molecular flexibility index (Phi) is 8.28. The van der Waals surface area contributed by atoms with Crippen LogP contribution in [0.2, 0.25) is 0 Å². The maximum atomic E-state index is 13.4. The Hall–Kier alpha value is -3.36. The number of aliphatic hydroxyl groups excluding tert-OH is 1. The highest BCUT2D eigenvalue weighted by Gasteiger charge is 2.20. The van der Waals surface area contributed by atoms with Crippen molar-refractivity contribution in [2.75, 3.05) is 50.8 Å². The zero-order valence-electron chi connectivity index (χ0n) is 21.7. The zero-order valence-corrected chi connectivity index (χ0v) is 21.7. The number of likely N-dealkylation sites (N-methyl/N-ethyl adjacent to an activating group) is 1. The van der Waals surface area contributed by atoms with Crippen LogP contribution in [0.15, 0.2) is 48.8 Å². The van der Waals surface area contributed by atoms with Crippen LogP contribution in [-0.2, 0) is 7.05 Å². The van der Waals surface area contributed by atoms with E-state index in [-0.39, 0.29) is 25.2 Å². The summed E-state index contributed by atoms with van der Waals surface area (Å²) in [6.45, 7) is 11.4. The molecule has 0 aliphatic carbocycles. The van der Waals surface area contributed by atoms with E-state index in [1.807, 2.05) is 57.4 Å². The van der Waals surface area contributed by atoms with E-state index in [9.17, 15) is 9.90 Å². The van der Waals surface area contributed by atoms with Crippen molar-refractivity contribution in [1.29, 1.82) is 0 Å². The fourth-order valence-electron chi connectivity index (χ4n) is 4.59. The molecular formula is C28H37N5O3. The molecule has 1 aliphatic rings. The first-order valence-electron chi connectivity index (χ1n) is 12.6. The topological polar surface area (TPSA) is 82.9 Å². The Morgan fingerprint density at radius 1 is 1.14 bits per heavy atom. The van der Waals surface area contributed by atoms with Crippen LogP contribution in [0.5, 0.6) is 5.75 Å². The SMILES string of the molecule is CCN1CCN(c2ccc(C)c(C(=O)NC(C)c3cc(OCCO)cc(-c4cnn(C)c4)c3)c2)CC1. The second-order valence-corrected chi connectivity index (χ2v) is 9.38. The van der Waals surface area contributed by atoms with Crippen LogP contribution in [0.4, 0.5) is 5.69 Å². The molecule has 36 heavy (non-hydrogen) atoms. The minimum atomic E-state index is -0.248. The number of piperazine rings is 1. The van der Waals surface area contributed by atoms with E-state index >= 15 is 0 Å². The molecule has 2 aromatic carbocycles. The predicted molar refractivity (Wildman–Crippen MR) is 143 cm³/mol. The molecule has 0 radical (unpaired) electrons. The predicted octanol–water partition coefficient (Wildman–Crippen LogP) is 3.40. The quantitative estimate of drug-likeness (QED) is 0.478. The van der Waals surface area contributed by atoms with Gasteiger partial charge in [0.1, 0.15) is 12.4 Å². The van der Waals surface area contributed by atoms with Gasteiger partial charge < -0.3 is 25.0 Å². The first kappa shape index (κ1) is 25.7. The molecule has 0 spiro atoms. The number of rotatable bonds is 9. The van der Waals surface area contributed by atoms with Crippen molar-refractivity contribution in [2.45, 2.75) is 26.8 Å². The first-order chi connectivity index (χ1) is 17.4. The molecule has 4 rings (SSSR count). The summed E-state index contributed by atoms with van der Waals surface area (Å²) in [4.78, 5) is 18.2. The van der Waals surface area contributed by atoms with Crippen molar-refractivity contribution in [3.63, 3.8) is 0 Å². The van der Waals surface area contributed by atoms with Gasteiger partial charge in [0.25, 0.3) is 5.91 Å². The number of aromatic nitrogens is 2. The van der Waals surface area contributed by atoms with Crippen molar-refractivity contribution in [3.05, 3.63) is 65.5 Å². The summed E-state index contributed by atoms with van der Waals surface area (Å²) < 4.78 is 7.47. The third-order valence-corrected chi connectivity index (χ3v) is 6.83. The number of nitrogens with one attached hydrogen (secondary N) is 1. The Morgan fingerprint density at radius 2 is 1.92 bits per heavy atom. The number of nitrogens with zero attached hydrogens (tertiary/aromatic N) is 4. The first-order valence-corrected chi connectivity index (χ1v) is 12.6. The van der Waals surface area contributed by atoms with Crippen LogP contribution < -0.4 is 15.0 Å². The highest BCUT2D eigenvalue weighted by atomic mass is 16.5. The summed E-state index contributed by atoms with van der Waals surface area (Å²) in [5.41, 5.74) is 5.55. The van der Waals surface area contributed by atoms with Crippen LogP contribution in [0.3, 0.4) is 0 Å². The maximum Gasteiger partial charge on any atom is 0.252 e. The lowest BCUT2D eigenvalue weighted by atomic mass is 10.0. The molecule has 0 bridgehead atoms. The van der Waals surface area contributed by atoms with E-state index in [0.717, 1.165) is 60.7 Å². The highest BCUT2D eigenvalue weighted by molar-refractivity contribution is 5.97. The summed E-state index contributed by atoms with van der Waals surface area (Å²) in [7, 11) is 1.87. The van der Waals surface area contributed by atoms with Gasteiger partial charge in [0.05, 0.1) is 18.8 Å². The molecule has 192 valence electrons. The molecule has 1 saturated heterocycles. The molecule has 1 aromatic heterocycles. The Bertz CT molecular complexity index is 1180. The number of carbonyl (C=O) groups is 1. The van der Waals surface area contributed by atoms with Crippen molar-refractivity contribution < 1.29 is 14.6 Å². The molecule has 8 heteroatoms. The van der Waals surface area contributed by atoms with Gasteiger partial charge in [0.15, 0.2) is 0 Å². The number of carbonyl (C=O) groups excluding carboxylic acids is 1. The van der Waals surface area contributed by atoms with Crippen molar-refractivity contribution in [2.24, 2.45) is 7.05 Å². The fourth-order valence-corrected chi connectivity index (χ4v) is 4.59. The smallest absolute Gasteiger partial charge is 0.252 e. The average molecular weight is 492 g/mol. The lowest BCUT2D eigenvalue weighted by Crippen LogP contribution is -2.46. The highest BCUT2D eigenvalue weighted by Crippen LogP contribution is 2.29. The summed E-state index contributed by atoms with van der Waals surface area (Å²) in [5, 5.41) is 16.7.